The molecule has 1 saturated heterocycles. The Kier molecular flexibility index (Phi) is 9.27. The predicted molar refractivity (Wildman–Crippen MR) is 147 cm³/mol. The molecule has 5 nitrogen and oxygen atoms in total. The van der Waals surface area contributed by atoms with E-state index < -0.39 is 0 Å². The van der Waals surface area contributed by atoms with Crippen LogP contribution in [-0.2, 0) is 11.3 Å². The first-order valence-corrected chi connectivity index (χ1v) is 14.3. The summed E-state index contributed by atoms with van der Waals surface area (Å²) in [5.74, 6) is 1.14. The number of hydrogen-bond donors (Lipinski definition) is 1. The molecule has 2 aromatic rings. The molecule has 35 heavy (non-hydrogen) atoms. The molecular formula is C29H39N3O2S. The lowest BCUT2D eigenvalue weighted by Gasteiger charge is -2.33. The van der Waals surface area contributed by atoms with Crippen molar-refractivity contribution in [1.29, 1.82) is 0 Å². The highest BCUT2D eigenvalue weighted by Gasteiger charge is 2.23. The smallest absolute Gasteiger partial charge is 0.223 e. The van der Waals surface area contributed by atoms with Crippen LogP contribution in [-0.4, -0.2) is 52.9 Å². The van der Waals surface area contributed by atoms with Crippen LogP contribution in [0.3, 0.4) is 0 Å². The second kappa shape index (κ2) is 12.6. The number of carbonyl (C=O) groups excluding carboxylic acids is 1. The molecule has 0 unspecified atom stereocenters. The largest absolute Gasteiger partial charge is 0.393 e. The van der Waals surface area contributed by atoms with Gasteiger partial charge in [0.2, 0.25) is 5.91 Å². The van der Waals surface area contributed by atoms with Gasteiger partial charge in [0.15, 0.2) is 0 Å². The van der Waals surface area contributed by atoms with E-state index in [-0.39, 0.29) is 12.0 Å². The van der Waals surface area contributed by atoms with Gasteiger partial charge in [-0.15, -0.1) is 18.3 Å². The normalized spacial score (nSPS) is 16.9. The number of fused-ring (bicyclic) bond motifs is 1. The van der Waals surface area contributed by atoms with Gasteiger partial charge in [0, 0.05) is 48.4 Å². The highest BCUT2D eigenvalue weighted by Crippen LogP contribution is 2.30. The Balaban J connectivity index is 1.64. The van der Waals surface area contributed by atoms with E-state index in [1.807, 2.05) is 11.0 Å². The maximum atomic E-state index is 13.2. The number of amides is 1. The van der Waals surface area contributed by atoms with Gasteiger partial charge in [-0.05, 0) is 75.8 Å². The first kappa shape index (κ1) is 25.8. The number of benzene rings is 1. The quantitative estimate of drug-likeness (QED) is 0.320. The first-order valence-electron chi connectivity index (χ1n) is 13.0. The Labute approximate surface area is 214 Å². The molecule has 0 atom stereocenters. The highest BCUT2D eigenvalue weighted by atomic mass is 32.2. The van der Waals surface area contributed by atoms with Crippen molar-refractivity contribution in [3.63, 3.8) is 0 Å². The molecule has 188 valence electrons. The number of aliphatic hydroxyl groups is 1. The number of pyridine rings is 1. The van der Waals surface area contributed by atoms with E-state index in [2.05, 4.69) is 48.1 Å². The van der Waals surface area contributed by atoms with Crippen LogP contribution in [0.1, 0.15) is 63.4 Å². The average molecular weight is 494 g/mol. The number of piperidine rings is 1. The number of aliphatic hydroxyl groups excluding tert-OH is 1. The summed E-state index contributed by atoms with van der Waals surface area (Å²) in [6.45, 7) is 6.67. The molecule has 2 aliphatic rings. The van der Waals surface area contributed by atoms with Gasteiger partial charge in [-0.3, -0.25) is 4.79 Å². The van der Waals surface area contributed by atoms with Crippen molar-refractivity contribution in [2.45, 2.75) is 75.3 Å². The third-order valence-electron chi connectivity index (χ3n) is 7.21. The number of rotatable bonds is 10. The standard InChI is InChI=1S/C29H39N3O2S/c1-3-4-10-28(34)32(16-13-22-8-6-5-7-9-22)21-24-19-23-11-12-26(35-2)20-27(23)30-29(24)31-17-14-25(33)15-18-31/h3,8,11-12,19-20,25,33H,1,4-7,9-10,13-18,21H2,2H3. The Bertz CT molecular complexity index is 1060. The summed E-state index contributed by atoms with van der Waals surface area (Å²) in [7, 11) is 0. The molecule has 1 aromatic heterocycles. The lowest BCUT2D eigenvalue weighted by molar-refractivity contribution is -0.131. The van der Waals surface area contributed by atoms with Gasteiger partial charge < -0.3 is 14.9 Å². The van der Waals surface area contributed by atoms with E-state index in [0.717, 1.165) is 74.0 Å². The minimum absolute atomic E-state index is 0.180. The summed E-state index contributed by atoms with van der Waals surface area (Å²) in [5, 5.41) is 11.2. The van der Waals surface area contributed by atoms with Crippen LogP contribution >= 0.6 is 11.8 Å². The Morgan fingerprint density at radius 2 is 2.11 bits per heavy atom. The van der Waals surface area contributed by atoms with Gasteiger partial charge in [0.1, 0.15) is 5.82 Å². The molecule has 1 aromatic carbocycles. The number of nitrogens with zero attached hydrogens (tertiary/aromatic N) is 3. The number of anilines is 1. The van der Waals surface area contributed by atoms with Crippen LogP contribution in [0.2, 0.25) is 0 Å². The lowest BCUT2D eigenvalue weighted by Crippen LogP contribution is -2.38. The Morgan fingerprint density at radius 3 is 2.83 bits per heavy atom. The molecule has 1 aliphatic heterocycles. The maximum absolute atomic E-state index is 13.2. The Hall–Kier alpha value is -2.31. The molecular weight excluding hydrogens is 454 g/mol. The van der Waals surface area contributed by atoms with Gasteiger partial charge in [0.05, 0.1) is 11.6 Å². The number of allylic oxidation sites excluding steroid dienone is 2. The summed E-state index contributed by atoms with van der Waals surface area (Å²) in [5.41, 5.74) is 3.57. The summed E-state index contributed by atoms with van der Waals surface area (Å²) in [4.78, 5) is 23.9. The number of aromatic nitrogens is 1. The van der Waals surface area contributed by atoms with Crippen LogP contribution in [0.15, 0.2) is 53.5 Å². The first-order chi connectivity index (χ1) is 17.1. The second-order valence-electron chi connectivity index (χ2n) is 9.75. The fourth-order valence-corrected chi connectivity index (χ4v) is 5.50. The molecule has 2 heterocycles. The number of hydrogen-bond acceptors (Lipinski definition) is 5. The third-order valence-corrected chi connectivity index (χ3v) is 7.93. The fraction of sp³-hybridized carbons (Fsp3) is 0.517. The zero-order valence-electron chi connectivity index (χ0n) is 21.0. The number of thioether (sulfide) groups is 1. The van der Waals surface area contributed by atoms with Crippen LogP contribution in [0, 0.1) is 0 Å². The van der Waals surface area contributed by atoms with Crippen LogP contribution < -0.4 is 4.90 Å². The summed E-state index contributed by atoms with van der Waals surface area (Å²) in [6.07, 6.45) is 14.5. The van der Waals surface area contributed by atoms with E-state index in [9.17, 15) is 9.90 Å². The zero-order valence-corrected chi connectivity index (χ0v) is 21.9. The minimum atomic E-state index is -0.237. The summed E-state index contributed by atoms with van der Waals surface area (Å²) < 4.78 is 0. The molecule has 1 amide bonds. The van der Waals surface area contributed by atoms with Crippen molar-refractivity contribution in [2.75, 3.05) is 30.8 Å². The summed E-state index contributed by atoms with van der Waals surface area (Å²) in [6, 6.07) is 8.64. The van der Waals surface area contributed by atoms with Crippen LogP contribution in [0.25, 0.3) is 10.9 Å². The molecule has 0 radical (unpaired) electrons. The van der Waals surface area contributed by atoms with Gasteiger partial charge in [-0.1, -0.05) is 23.8 Å². The van der Waals surface area contributed by atoms with Crippen LogP contribution in [0.5, 0.6) is 0 Å². The molecule has 1 fully saturated rings. The predicted octanol–water partition coefficient (Wildman–Crippen LogP) is 6.10. The van der Waals surface area contributed by atoms with Crippen molar-refractivity contribution in [1.82, 2.24) is 9.88 Å². The van der Waals surface area contributed by atoms with Gasteiger partial charge in [0.25, 0.3) is 0 Å². The topological polar surface area (TPSA) is 56.7 Å². The van der Waals surface area contributed by atoms with E-state index in [0.29, 0.717) is 19.4 Å². The van der Waals surface area contributed by atoms with E-state index in [4.69, 9.17) is 4.98 Å². The Morgan fingerprint density at radius 1 is 1.29 bits per heavy atom. The second-order valence-corrected chi connectivity index (χ2v) is 10.6. The summed E-state index contributed by atoms with van der Waals surface area (Å²) >= 11 is 1.72. The van der Waals surface area contributed by atoms with E-state index in [1.54, 1.807) is 11.8 Å². The van der Waals surface area contributed by atoms with Crippen molar-refractivity contribution < 1.29 is 9.90 Å². The van der Waals surface area contributed by atoms with E-state index in [1.165, 1.54) is 23.3 Å². The molecule has 1 aliphatic carbocycles. The third kappa shape index (κ3) is 6.89. The van der Waals surface area contributed by atoms with Gasteiger partial charge in [-0.2, -0.15) is 0 Å². The van der Waals surface area contributed by atoms with Crippen molar-refractivity contribution in [3.05, 3.63) is 54.1 Å². The fourth-order valence-electron chi connectivity index (χ4n) is 5.07. The average Bonchev–Trinajstić information content (AvgIpc) is 2.90. The van der Waals surface area contributed by atoms with Crippen molar-refractivity contribution >= 4 is 34.4 Å². The van der Waals surface area contributed by atoms with Gasteiger partial charge >= 0.3 is 0 Å². The molecule has 0 bridgehead atoms. The minimum Gasteiger partial charge on any atom is -0.393 e. The maximum Gasteiger partial charge on any atom is 0.223 e. The lowest BCUT2D eigenvalue weighted by atomic mass is 9.97. The van der Waals surface area contributed by atoms with Crippen molar-refractivity contribution in [2.24, 2.45) is 0 Å². The molecule has 1 N–H and O–H groups in total. The monoisotopic (exact) mass is 493 g/mol. The highest BCUT2D eigenvalue weighted by molar-refractivity contribution is 7.98. The molecule has 6 heteroatoms. The van der Waals surface area contributed by atoms with Crippen LogP contribution in [0.4, 0.5) is 5.82 Å². The van der Waals surface area contributed by atoms with Gasteiger partial charge in [-0.25, -0.2) is 4.98 Å². The van der Waals surface area contributed by atoms with Crippen molar-refractivity contribution in [3.8, 4) is 0 Å². The molecule has 0 spiro atoms. The van der Waals surface area contributed by atoms with E-state index >= 15 is 0 Å². The SMILES string of the molecule is C=CCCC(=O)N(CCC1=CCCCC1)Cc1cc2ccc(SC)cc2nc1N1CCC(O)CC1. The molecule has 4 rings (SSSR count). The zero-order chi connectivity index (χ0) is 24.6. The molecule has 0 saturated carbocycles. The number of carbonyl (C=O) groups is 1.